The molecule has 1 heterocycles. The molecule has 0 aliphatic carbocycles. The lowest BCUT2D eigenvalue weighted by Gasteiger charge is -2.14. The number of carbonyl (C=O) groups excluding carboxylic acids is 1. The lowest BCUT2D eigenvalue weighted by atomic mass is 10.1. The van der Waals surface area contributed by atoms with Gasteiger partial charge in [0.15, 0.2) is 0 Å². The van der Waals surface area contributed by atoms with Crippen LogP contribution >= 0.6 is 0 Å². The number of nitrogens with two attached hydrogens (primary N) is 1. The van der Waals surface area contributed by atoms with Crippen molar-refractivity contribution in [2.24, 2.45) is 0 Å². The number of aryl methyl sites for hydroxylation is 1. The van der Waals surface area contributed by atoms with Gasteiger partial charge in [-0.2, -0.15) is 18.3 Å². The average Bonchev–Trinajstić information content (AvgIpc) is 2.79. The molecule has 0 unspecified atom stereocenters. The van der Waals surface area contributed by atoms with Gasteiger partial charge in [-0.25, -0.2) is 0 Å². The lowest BCUT2D eigenvalue weighted by Crippen LogP contribution is -2.21. The smallest absolute Gasteiger partial charge is 0.396 e. The van der Waals surface area contributed by atoms with Crippen molar-refractivity contribution in [3.05, 3.63) is 41.7 Å². The van der Waals surface area contributed by atoms with E-state index in [9.17, 15) is 18.0 Å². The van der Waals surface area contributed by atoms with E-state index in [2.05, 4.69) is 10.4 Å². The van der Waals surface area contributed by atoms with Crippen LogP contribution in [0.3, 0.4) is 0 Å². The summed E-state index contributed by atoms with van der Waals surface area (Å²) in [6.07, 6.45) is -3.27. The largest absolute Gasteiger partial charge is 0.418 e. The van der Waals surface area contributed by atoms with E-state index >= 15 is 0 Å². The van der Waals surface area contributed by atoms with E-state index in [1.807, 2.05) is 0 Å². The fraction of sp³-hybridized carbons (Fsp3) is 0.231. The molecule has 2 rings (SSSR count). The summed E-state index contributed by atoms with van der Waals surface area (Å²) in [6.45, 7) is 2.12. The van der Waals surface area contributed by atoms with Crippen LogP contribution in [-0.4, -0.2) is 15.7 Å². The summed E-state index contributed by atoms with van der Waals surface area (Å²) < 4.78 is 39.9. The number of para-hydroxylation sites is 1. The minimum Gasteiger partial charge on any atom is -0.396 e. The van der Waals surface area contributed by atoms with Gasteiger partial charge in [-0.05, 0) is 19.1 Å². The molecule has 0 aliphatic heterocycles. The fourth-order valence-electron chi connectivity index (χ4n) is 1.91. The molecule has 2 aromatic rings. The molecule has 0 saturated carbocycles. The standard InChI is InChI=1S/C13H13F3N4O/c1-2-20-11(9(17)7-18-20)12(21)19-10-6-4-3-5-8(10)13(14,15)16/h3-7H,2,17H2,1H3,(H,19,21). The Morgan fingerprint density at radius 2 is 2.05 bits per heavy atom. The highest BCUT2D eigenvalue weighted by Gasteiger charge is 2.33. The molecule has 5 nitrogen and oxygen atoms in total. The van der Waals surface area contributed by atoms with E-state index < -0.39 is 17.6 Å². The number of alkyl halides is 3. The molecule has 0 aliphatic rings. The predicted octanol–water partition coefficient (Wildman–Crippen LogP) is 2.76. The second-order valence-corrected chi connectivity index (χ2v) is 4.26. The second-order valence-electron chi connectivity index (χ2n) is 4.26. The van der Waals surface area contributed by atoms with Gasteiger partial charge in [-0.15, -0.1) is 0 Å². The van der Waals surface area contributed by atoms with E-state index in [4.69, 9.17) is 5.73 Å². The van der Waals surface area contributed by atoms with Gasteiger partial charge < -0.3 is 11.1 Å². The van der Waals surface area contributed by atoms with Gasteiger partial charge >= 0.3 is 6.18 Å². The van der Waals surface area contributed by atoms with Crippen LogP contribution in [0.5, 0.6) is 0 Å². The topological polar surface area (TPSA) is 72.9 Å². The Labute approximate surface area is 118 Å². The molecular formula is C13H13F3N4O. The number of rotatable bonds is 3. The molecule has 0 radical (unpaired) electrons. The molecule has 1 aromatic carbocycles. The van der Waals surface area contributed by atoms with E-state index in [-0.39, 0.29) is 17.1 Å². The predicted molar refractivity (Wildman–Crippen MR) is 71.7 cm³/mol. The molecule has 1 amide bonds. The lowest BCUT2D eigenvalue weighted by molar-refractivity contribution is -0.136. The van der Waals surface area contributed by atoms with Gasteiger partial charge in [0, 0.05) is 6.54 Å². The maximum atomic E-state index is 12.9. The zero-order chi connectivity index (χ0) is 15.6. The van der Waals surface area contributed by atoms with Crippen molar-refractivity contribution >= 4 is 17.3 Å². The first kappa shape index (κ1) is 14.9. The first-order chi connectivity index (χ1) is 9.84. The molecular weight excluding hydrogens is 285 g/mol. The molecule has 1 aromatic heterocycles. The van der Waals surface area contributed by atoms with Crippen molar-refractivity contribution in [2.45, 2.75) is 19.6 Å². The molecule has 3 N–H and O–H groups in total. The first-order valence-corrected chi connectivity index (χ1v) is 6.13. The Morgan fingerprint density at radius 3 is 2.67 bits per heavy atom. The summed E-state index contributed by atoms with van der Waals surface area (Å²) in [6, 6.07) is 4.74. The third-order valence-electron chi connectivity index (χ3n) is 2.86. The molecule has 0 fully saturated rings. The Morgan fingerprint density at radius 1 is 1.38 bits per heavy atom. The van der Waals surface area contributed by atoms with Crippen molar-refractivity contribution < 1.29 is 18.0 Å². The minimum absolute atomic E-state index is 0.0366. The summed E-state index contributed by atoms with van der Waals surface area (Å²) in [7, 11) is 0. The number of halogens is 3. The highest BCUT2D eigenvalue weighted by molar-refractivity contribution is 6.06. The van der Waals surface area contributed by atoms with Crippen molar-refractivity contribution in [3.8, 4) is 0 Å². The van der Waals surface area contributed by atoms with Crippen LogP contribution in [0.1, 0.15) is 23.0 Å². The van der Waals surface area contributed by atoms with Gasteiger partial charge in [0.2, 0.25) is 0 Å². The number of nitrogen functional groups attached to an aromatic ring is 1. The van der Waals surface area contributed by atoms with Crippen molar-refractivity contribution in [2.75, 3.05) is 11.1 Å². The molecule has 21 heavy (non-hydrogen) atoms. The molecule has 0 spiro atoms. The summed E-state index contributed by atoms with van der Waals surface area (Å²) in [5.74, 6) is -0.733. The van der Waals surface area contributed by atoms with Gasteiger partial charge in [-0.3, -0.25) is 9.48 Å². The average molecular weight is 298 g/mol. The van der Waals surface area contributed by atoms with Crippen LogP contribution in [-0.2, 0) is 12.7 Å². The van der Waals surface area contributed by atoms with E-state index in [0.29, 0.717) is 6.54 Å². The number of benzene rings is 1. The maximum absolute atomic E-state index is 12.9. The molecule has 0 saturated heterocycles. The second kappa shape index (κ2) is 5.47. The van der Waals surface area contributed by atoms with Crippen LogP contribution < -0.4 is 11.1 Å². The molecule has 0 bridgehead atoms. The van der Waals surface area contributed by atoms with E-state index in [1.54, 1.807) is 6.92 Å². The zero-order valence-corrected chi connectivity index (χ0v) is 11.1. The van der Waals surface area contributed by atoms with Gasteiger partial charge in [-0.1, -0.05) is 12.1 Å². The number of hydrogen-bond acceptors (Lipinski definition) is 3. The minimum atomic E-state index is -4.56. The highest BCUT2D eigenvalue weighted by atomic mass is 19.4. The fourth-order valence-corrected chi connectivity index (χ4v) is 1.91. The molecule has 8 heteroatoms. The van der Waals surface area contributed by atoms with E-state index in [1.165, 1.54) is 29.1 Å². The number of amides is 1. The number of nitrogens with zero attached hydrogens (tertiary/aromatic N) is 2. The van der Waals surface area contributed by atoms with Crippen LogP contribution in [0, 0.1) is 0 Å². The third kappa shape index (κ3) is 2.99. The summed E-state index contributed by atoms with van der Waals surface area (Å²) >= 11 is 0. The van der Waals surface area contributed by atoms with Crippen molar-refractivity contribution in [1.29, 1.82) is 0 Å². The maximum Gasteiger partial charge on any atom is 0.418 e. The van der Waals surface area contributed by atoms with Gasteiger partial charge in [0.05, 0.1) is 23.1 Å². The van der Waals surface area contributed by atoms with Crippen molar-refractivity contribution in [3.63, 3.8) is 0 Å². The van der Waals surface area contributed by atoms with Crippen LogP contribution in [0.2, 0.25) is 0 Å². The number of anilines is 2. The SMILES string of the molecule is CCn1ncc(N)c1C(=O)Nc1ccccc1C(F)(F)F. The highest BCUT2D eigenvalue weighted by Crippen LogP contribution is 2.34. The quantitative estimate of drug-likeness (QED) is 0.915. The Balaban J connectivity index is 2.35. The molecule has 0 atom stereocenters. The van der Waals surface area contributed by atoms with Crippen LogP contribution in [0.15, 0.2) is 30.5 Å². The normalized spacial score (nSPS) is 11.4. The van der Waals surface area contributed by atoms with E-state index in [0.717, 1.165) is 6.07 Å². The molecule has 112 valence electrons. The Hall–Kier alpha value is -2.51. The summed E-state index contributed by atoms with van der Waals surface area (Å²) in [5, 5.41) is 6.11. The summed E-state index contributed by atoms with van der Waals surface area (Å²) in [5.41, 5.74) is 4.54. The van der Waals surface area contributed by atoms with Crippen LogP contribution in [0.25, 0.3) is 0 Å². The zero-order valence-electron chi connectivity index (χ0n) is 11.1. The number of hydrogen-bond donors (Lipinski definition) is 2. The van der Waals surface area contributed by atoms with Crippen LogP contribution in [0.4, 0.5) is 24.5 Å². The number of carbonyl (C=O) groups is 1. The number of aromatic nitrogens is 2. The van der Waals surface area contributed by atoms with Gasteiger partial charge in [0.1, 0.15) is 5.69 Å². The third-order valence-corrected chi connectivity index (χ3v) is 2.86. The summed E-state index contributed by atoms with van der Waals surface area (Å²) in [4.78, 5) is 12.1. The monoisotopic (exact) mass is 298 g/mol. The first-order valence-electron chi connectivity index (χ1n) is 6.13. The number of nitrogens with one attached hydrogen (secondary N) is 1. The van der Waals surface area contributed by atoms with Gasteiger partial charge in [0.25, 0.3) is 5.91 Å². The Kier molecular flexibility index (Phi) is 3.88. The van der Waals surface area contributed by atoms with Crippen molar-refractivity contribution in [1.82, 2.24) is 9.78 Å². The Bertz CT molecular complexity index is 664.